The fourth-order valence-corrected chi connectivity index (χ4v) is 6.41. The van der Waals surface area contributed by atoms with Crippen molar-refractivity contribution in [3.8, 4) is 11.1 Å². The van der Waals surface area contributed by atoms with Crippen LogP contribution in [0.1, 0.15) is 44.9 Å². The molecule has 0 aliphatic heterocycles. The Hall–Kier alpha value is -2.62. The van der Waals surface area contributed by atoms with Crippen molar-refractivity contribution in [1.29, 1.82) is 0 Å². The van der Waals surface area contributed by atoms with E-state index in [1.165, 1.54) is 29.9 Å². The number of aryl methyl sites for hydroxylation is 1. The molecule has 2 aromatic carbocycles. The van der Waals surface area contributed by atoms with E-state index in [0.29, 0.717) is 5.56 Å². The maximum absolute atomic E-state index is 15.3. The summed E-state index contributed by atoms with van der Waals surface area (Å²) in [4.78, 5) is 12.0. The summed E-state index contributed by atoms with van der Waals surface area (Å²) in [5.41, 5.74) is 0.266. The number of nitrogens with one attached hydrogen (secondary N) is 2. The number of aromatic nitrogens is 1. The highest BCUT2D eigenvalue weighted by molar-refractivity contribution is 7.91. The largest absolute Gasteiger partial charge is 0.318 e. The number of hydrogen-bond donors (Lipinski definition) is 3. The number of sulfone groups is 1. The Bertz CT molecular complexity index is 1620. The minimum Gasteiger partial charge on any atom is -0.318 e. The van der Waals surface area contributed by atoms with Crippen LogP contribution in [0.2, 0.25) is 0 Å². The second kappa shape index (κ2) is 12.5. The van der Waals surface area contributed by atoms with E-state index in [4.69, 9.17) is 4.55 Å². The number of nitrogens with zero attached hydrogens (tertiary/aromatic N) is 1. The first kappa shape index (κ1) is 31.9. The van der Waals surface area contributed by atoms with Gasteiger partial charge < -0.3 is 4.57 Å². The number of halogens is 2. The molecule has 1 heterocycles. The number of hydrogen-bond acceptors (Lipinski definition) is 5. The third-order valence-corrected chi connectivity index (χ3v) is 9.98. The smallest absolute Gasteiger partial charge is 0.250 e. The van der Waals surface area contributed by atoms with Gasteiger partial charge in [-0.3, -0.25) is 9.35 Å². The van der Waals surface area contributed by atoms with Crippen LogP contribution in [0.3, 0.4) is 0 Å². The lowest BCUT2D eigenvalue weighted by molar-refractivity contribution is 0.547. The van der Waals surface area contributed by atoms with E-state index < -0.39 is 65.0 Å². The van der Waals surface area contributed by atoms with Crippen molar-refractivity contribution in [2.45, 2.75) is 54.7 Å². The van der Waals surface area contributed by atoms with Gasteiger partial charge in [-0.05, 0) is 81.6 Å². The van der Waals surface area contributed by atoms with E-state index in [1.807, 2.05) is 0 Å². The highest BCUT2D eigenvalue weighted by Gasteiger charge is 2.28. The quantitative estimate of drug-likeness (QED) is 0.236. The normalized spacial score (nSPS) is 14.6. The molecule has 0 bridgehead atoms. The van der Waals surface area contributed by atoms with Crippen LogP contribution >= 0.6 is 0 Å². The second-order valence-electron chi connectivity index (χ2n) is 10.1. The minimum absolute atomic E-state index is 0.0460. The molecule has 3 N–H and O–H groups in total. The molecule has 40 heavy (non-hydrogen) atoms. The van der Waals surface area contributed by atoms with Gasteiger partial charge in [-0.1, -0.05) is 0 Å². The van der Waals surface area contributed by atoms with Crippen molar-refractivity contribution >= 4 is 32.1 Å². The minimum atomic E-state index is -4.40. The Morgan fingerprint density at radius 2 is 1.68 bits per heavy atom. The van der Waals surface area contributed by atoms with Gasteiger partial charge in [0.25, 0.3) is 5.56 Å². The molecule has 3 atom stereocenters. The zero-order valence-electron chi connectivity index (χ0n) is 22.5. The topological polar surface area (TPSA) is 135 Å². The molecule has 3 rings (SSSR count). The summed E-state index contributed by atoms with van der Waals surface area (Å²) in [6.07, 6.45) is 1.35. The molecule has 0 spiro atoms. The number of pyridine rings is 1. The molecule has 0 aliphatic rings. The van der Waals surface area contributed by atoms with Crippen molar-refractivity contribution < 1.29 is 30.2 Å². The van der Waals surface area contributed by atoms with Crippen LogP contribution in [0.5, 0.6) is 0 Å². The summed E-state index contributed by atoms with van der Waals surface area (Å²) >= 11 is -2.34. The zero-order chi connectivity index (χ0) is 30.0. The molecule has 1 aromatic heterocycles. The van der Waals surface area contributed by atoms with Gasteiger partial charge in [0.1, 0.15) is 11.6 Å². The van der Waals surface area contributed by atoms with E-state index in [2.05, 4.69) is 9.44 Å². The summed E-state index contributed by atoms with van der Waals surface area (Å²) in [6.45, 7) is 6.87. The lowest BCUT2D eigenvalue weighted by atomic mass is 9.95. The molecule has 0 amide bonds. The highest BCUT2D eigenvalue weighted by atomic mass is 32.2. The highest BCUT2D eigenvalue weighted by Crippen LogP contribution is 2.37. The summed E-state index contributed by atoms with van der Waals surface area (Å²) in [5.74, 6) is -1.53. The van der Waals surface area contributed by atoms with Crippen molar-refractivity contribution in [1.82, 2.24) is 14.0 Å². The van der Waals surface area contributed by atoms with Gasteiger partial charge in [0.15, 0.2) is 0 Å². The molecule has 3 aromatic rings. The predicted molar refractivity (Wildman–Crippen MR) is 151 cm³/mol. The lowest BCUT2D eigenvalue weighted by Crippen LogP contribution is -2.35. The van der Waals surface area contributed by atoms with Gasteiger partial charge in [-0.2, -0.15) is 0 Å². The van der Waals surface area contributed by atoms with E-state index in [0.717, 1.165) is 30.3 Å². The molecule has 14 heteroatoms. The first-order chi connectivity index (χ1) is 18.5. The third kappa shape index (κ3) is 7.36. The molecule has 0 aliphatic carbocycles. The number of benzene rings is 2. The summed E-state index contributed by atoms with van der Waals surface area (Å²) in [5, 5.41) is 0. The SMILES string of the molecule is C[C@H](NS(=O)C(C)(C)C)c1cc(=O)n(C)cc1-c1cc(CCNS(=O)O)c(F)cc1S(=O)(=O)c1ccc(F)cc1. The molecule has 0 fully saturated rings. The van der Waals surface area contributed by atoms with Crippen molar-refractivity contribution in [3.05, 3.63) is 81.8 Å². The maximum atomic E-state index is 15.3. The van der Waals surface area contributed by atoms with E-state index in [1.54, 1.807) is 27.7 Å². The van der Waals surface area contributed by atoms with Crippen LogP contribution < -0.4 is 15.0 Å². The third-order valence-electron chi connectivity index (χ3n) is 6.04. The summed E-state index contributed by atoms with van der Waals surface area (Å²) in [6, 6.07) is 6.84. The van der Waals surface area contributed by atoms with E-state index in [-0.39, 0.29) is 34.6 Å². The van der Waals surface area contributed by atoms with Gasteiger partial charge in [-0.25, -0.2) is 35.1 Å². The van der Waals surface area contributed by atoms with Gasteiger partial charge in [0.2, 0.25) is 21.1 Å². The first-order valence-electron chi connectivity index (χ1n) is 12.1. The van der Waals surface area contributed by atoms with Gasteiger partial charge >= 0.3 is 0 Å². The summed E-state index contributed by atoms with van der Waals surface area (Å²) < 4.78 is 95.0. The first-order valence-corrected chi connectivity index (χ1v) is 15.8. The number of rotatable bonds is 10. The van der Waals surface area contributed by atoms with Crippen molar-refractivity contribution in [3.63, 3.8) is 0 Å². The van der Waals surface area contributed by atoms with Crippen LogP contribution in [0.15, 0.2) is 63.2 Å². The Balaban J connectivity index is 2.31. The molecular formula is C26H31F2N3O6S3. The Kier molecular flexibility index (Phi) is 9.96. The average Bonchev–Trinajstić information content (AvgIpc) is 2.85. The Labute approximate surface area is 236 Å². The maximum Gasteiger partial charge on any atom is 0.250 e. The van der Waals surface area contributed by atoms with Gasteiger partial charge in [0.05, 0.1) is 25.5 Å². The summed E-state index contributed by atoms with van der Waals surface area (Å²) in [7, 11) is -4.48. The molecule has 9 nitrogen and oxygen atoms in total. The van der Waals surface area contributed by atoms with E-state index >= 15 is 4.39 Å². The Morgan fingerprint density at radius 3 is 2.25 bits per heavy atom. The second-order valence-corrected chi connectivity index (χ2v) is 14.8. The lowest BCUT2D eigenvalue weighted by Gasteiger charge is -2.24. The van der Waals surface area contributed by atoms with E-state index in [9.17, 15) is 26.0 Å². The van der Waals surface area contributed by atoms with Crippen LogP contribution in [0.4, 0.5) is 8.78 Å². The predicted octanol–water partition coefficient (Wildman–Crippen LogP) is 3.54. The molecule has 0 saturated heterocycles. The monoisotopic (exact) mass is 615 g/mol. The molecule has 2 unspecified atom stereocenters. The molecule has 0 saturated carbocycles. The zero-order valence-corrected chi connectivity index (χ0v) is 25.0. The van der Waals surface area contributed by atoms with Crippen molar-refractivity contribution in [2.75, 3.05) is 6.54 Å². The van der Waals surface area contributed by atoms with Crippen LogP contribution in [-0.2, 0) is 45.6 Å². The fraction of sp³-hybridized carbons (Fsp3) is 0.346. The van der Waals surface area contributed by atoms with Gasteiger partial charge in [-0.15, -0.1) is 0 Å². The van der Waals surface area contributed by atoms with Crippen molar-refractivity contribution in [2.24, 2.45) is 7.05 Å². The van der Waals surface area contributed by atoms with Crippen LogP contribution in [0, 0.1) is 11.6 Å². The Morgan fingerprint density at radius 1 is 1.05 bits per heavy atom. The molecule has 0 radical (unpaired) electrons. The molecule has 218 valence electrons. The molecular weight excluding hydrogens is 584 g/mol. The van der Waals surface area contributed by atoms with Crippen LogP contribution in [0.25, 0.3) is 11.1 Å². The fourth-order valence-electron chi connectivity index (χ4n) is 3.87. The average molecular weight is 616 g/mol. The van der Waals surface area contributed by atoms with Crippen LogP contribution in [-0.4, -0.2) is 37.2 Å². The van der Waals surface area contributed by atoms with Gasteiger partial charge in [0, 0.05) is 43.0 Å². The standard InChI is InChI=1S/C26H31F2N3O6S3/c1-16(30-38(33)26(2,3)4)20-13-25(32)31(5)15-22(20)21-12-17(10-11-29-39(34)35)23(28)14-24(21)40(36,37)19-8-6-18(27)7-9-19/h6-9,12-16,29-30H,10-11H2,1-5H3,(H,34,35)/t16-,38?/m0/s1.